The van der Waals surface area contributed by atoms with Crippen molar-refractivity contribution in [1.29, 1.82) is 0 Å². The summed E-state index contributed by atoms with van der Waals surface area (Å²) < 4.78 is 13.3. The molecule has 0 aliphatic carbocycles. The molecule has 0 unspecified atom stereocenters. The van der Waals surface area contributed by atoms with Crippen molar-refractivity contribution in [3.8, 4) is 11.4 Å². The van der Waals surface area contributed by atoms with Gasteiger partial charge in [-0.25, -0.2) is 15.0 Å². The van der Waals surface area contributed by atoms with E-state index in [0.717, 1.165) is 60.0 Å². The molecule has 132 valence electrons. The van der Waals surface area contributed by atoms with E-state index in [-0.39, 0.29) is 0 Å². The van der Waals surface area contributed by atoms with E-state index >= 15 is 0 Å². The average Bonchev–Trinajstić information content (AvgIpc) is 2.65. The van der Waals surface area contributed by atoms with Gasteiger partial charge in [-0.15, -0.1) is 0 Å². The van der Waals surface area contributed by atoms with E-state index < -0.39 is 5.95 Å². The minimum absolute atomic E-state index is 0.402. The maximum Gasteiger partial charge on any atom is 0.215 e. The molecule has 0 saturated heterocycles. The van der Waals surface area contributed by atoms with E-state index in [1.54, 1.807) is 13.1 Å². The van der Waals surface area contributed by atoms with Gasteiger partial charge in [-0.05, 0) is 42.8 Å². The maximum atomic E-state index is 13.3. The lowest BCUT2D eigenvalue weighted by atomic mass is 10.1. The van der Waals surface area contributed by atoms with E-state index in [4.69, 9.17) is 10.7 Å². The number of aryl methyl sites for hydroxylation is 1. The zero-order chi connectivity index (χ0) is 18.1. The molecule has 0 fully saturated rings. The first-order valence-corrected chi connectivity index (χ1v) is 8.62. The summed E-state index contributed by atoms with van der Waals surface area (Å²) in [4.78, 5) is 15.4. The van der Waals surface area contributed by atoms with Crippen molar-refractivity contribution in [3.63, 3.8) is 0 Å². The first-order chi connectivity index (χ1) is 12.6. The van der Waals surface area contributed by atoms with Crippen LogP contribution in [0.4, 0.5) is 10.1 Å². The molecule has 0 amide bonds. The molecular formula is C20H20FN5. The van der Waals surface area contributed by atoms with Gasteiger partial charge in [-0.3, -0.25) is 4.90 Å². The van der Waals surface area contributed by atoms with E-state index in [9.17, 15) is 4.39 Å². The predicted molar refractivity (Wildman–Crippen MR) is 98.6 cm³/mol. The Kier molecular flexibility index (Phi) is 4.34. The molecule has 0 spiro atoms. The summed E-state index contributed by atoms with van der Waals surface area (Å²) in [6, 6.07) is 9.46. The molecular weight excluding hydrogens is 329 g/mol. The monoisotopic (exact) mass is 349 g/mol. The molecule has 2 aromatic heterocycles. The van der Waals surface area contributed by atoms with Crippen molar-refractivity contribution in [2.24, 2.45) is 0 Å². The highest BCUT2D eigenvalue weighted by molar-refractivity contribution is 5.58. The number of fused-ring (bicyclic) bond motifs is 1. The highest BCUT2D eigenvalue weighted by Crippen LogP contribution is 2.23. The molecule has 2 N–H and O–H groups in total. The van der Waals surface area contributed by atoms with Gasteiger partial charge in [0.25, 0.3) is 0 Å². The third-order valence-electron chi connectivity index (χ3n) is 4.66. The number of nitrogen functional groups attached to an aromatic ring is 1. The van der Waals surface area contributed by atoms with Crippen LogP contribution in [-0.2, 0) is 19.5 Å². The van der Waals surface area contributed by atoms with Gasteiger partial charge in [0.1, 0.15) is 0 Å². The van der Waals surface area contributed by atoms with Crippen LogP contribution in [-0.4, -0.2) is 26.4 Å². The Morgan fingerprint density at radius 1 is 1.15 bits per heavy atom. The van der Waals surface area contributed by atoms with Gasteiger partial charge in [0.15, 0.2) is 5.82 Å². The third kappa shape index (κ3) is 3.41. The molecule has 4 rings (SSSR count). The van der Waals surface area contributed by atoms with Crippen LogP contribution in [0.5, 0.6) is 0 Å². The van der Waals surface area contributed by atoms with Crippen molar-refractivity contribution in [2.75, 3.05) is 12.3 Å². The molecule has 1 aromatic carbocycles. The van der Waals surface area contributed by atoms with Crippen molar-refractivity contribution >= 4 is 5.69 Å². The first kappa shape index (κ1) is 16.6. The fourth-order valence-corrected chi connectivity index (χ4v) is 3.24. The van der Waals surface area contributed by atoms with E-state index in [1.807, 2.05) is 36.5 Å². The topological polar surface area (TPSA) is 67.9 Å². The Balaban J connectivity index is 1.50. The average molecular weight is 349 g/mol. The summed E-state index contributed by atoms with van der Waals surface area (Å²) in [5, 5.41) is 0. The Hall–Kier alpha value is -2.86. The number of pyridine rings is 1. The third-order valence-corrected chi connectivity index (χ3v) is 4.66. The fraction of sp³-hybridized carbons (Fsp3) is 0.250. The predicted octanol–water partition coefficient (Wildman–Crippen LogP) is 3.13. The SMILES string of the molecule is Cc1cc(CN2CCc3nc(-c4ccc(N)cc4)ncc3C2)cnc1F. The molecule has 0 atom stereocenters. The van der Waals surface area contributed by atoms with Crippen molar-refractivity contribution in [1.82, 2.24) is 19.9 Å². The molecule has 0 saturated carbocycles. The second-order valence-corrected chi connectivity index (χ2v) is 6.70. The molecule has 1 aliphatic heterocycles. The van der Waals surface area contributed by atoms with Gasteiger partial charge in [-0.1, -0.05) is 0 Å². The molecule has 5 nitrogen and oxygen atoms in total. The van der Waals surface area contributed by atoms with Crippen molar-refractivity contribution < 1.29 is 4.39 Å². The number of hydrogen-bond donors (Lipinski definition) is 1. The van der Waals surface area contributed by atoms with Gasteiger partial charge in [0.2, 0.25) is 5.95 Å². The second kappa shape index (κ2) is 6.80. The van der Waals surface area contributed by atoms with Crippen LogP contribution < -0.4 is 5.73 Å². The summed E-state index contributed by atoms with van der Waals surface area (Å²) in [7, 11) is 0. The molecule has 3 heterocycles. The Morgan fingerprint density at radius 2 is 1.96 bits per heavy atom. The van der Waals surface area contributed by atoms with Crippen LogP contribution in [0.25, 0.3) is 11.4 Å². The van der Waals surface area contributed by atoms with E-state index in [2.05, 4.69) is 14.9 Å². The second-order valence-electron chi connectivity index (χ2n) is 6.70. The molecule has 26 heavy (non-hydrogen) atoms. The standard InChI is InChI=1S/C20H20FN5/c1-13-8-14(9-23-19(13)21)11-26-7-6-18-16(12-26)10-24-20(25-18)15-2-4-17(22)5-3-15/h2-5,8-10H,6-7,11-12,22H2,1H3. The summed E-state index contributed by atoms with van der Waals surface area (Å²) in [5.41, 5.74) is 11.3. The smallest absolute Gasteiger partial charge is 0.215 e. The van der Waals surface area contributed by atoms with Crippen LogP contribution in [0.3, 0.4) is 0 Å². The highest BCUT2D eigenvalue weighted by atomic mass is 19.1. The van der Waals surface area contributed by atoms with Gasteiger partial charge in [-0.2, -0.15) is 4.39 Å². The number of anilines is 1. The minimum Gasteiger partial charge on any atom is -0.399 e. The van der Waals surface area contributed by atoms with Gasteiger partial charge >= 0.3 is 0 Å². The van der Waals surface area contributed by atoms with Crippen LogP contribution >= 0.6 is 0 Å². The van der Waals surface area contributed by atoms with Crippen LogP contribution in [0.2, 0.25) is 0 Å². The first-order valence-electron chi connectivity index (χ1n) is 8.62. The molecule has 0 radical (unpaired) electrons. The normalized spacial score (nSPS) is 14.2. The zero-order valence-corrected chi connectivity index (χ0v) is 14.6. The van der Waals surface area contributed by atoms with Crippen LogP contribution in [0, 0.1) is 12.9 Å². The van der Waals surface area contributed by atoms with Crippen molar-refractivity contribution in [3.05, 3.63) is 71.1 Å². The molecule has 1 aliphatic rings. The number of rotatable bonds is 3. The lowest BCUT2D eigenvalue weighted by Crippen LogP contribution is -2.31. The number of halogens is 1. The fourth-order valence-electron chi connectivity index (χ4n) is 3.24. The number of hydrogen-bond acceptors (Lipinski definition) is 5. The molecule has 0 bridgehead atoms. The van der Waals surface area contributed by atoms with Crippen LogP contribution in [0.15, 0.2) is 42.7 Å². The van der Waals surface area contributed by atoms with Crippen LogP contribution in [0.1, 0.15) is 22.4 Å². The van der Waals surface area contributed by atoms with Gasteiger partial charge in [0, 0.05) is 60.8 Å². The van der Waals surface area contributed by atoms with E-state index in [0.29, 0.717) is 5.56 Å². The Morgan fingerprint density at radius 3 is 2.73 bits per heavy atom. The minimum atomic E-state index is -0.402. The quantitative estimate of drug-likeness (QED) is 0.581. The Labute approximate surface area is 151 Å². The number of benzene rings is 1. The van der Waals surface area contributed by atoms with E-state index in [1.165, 1.54) is 0 Å². The summed E-state index contributed by atoms with van der Waals surface area (Å²) >= 11 is 0. The maximum absolute atomic E-state index is 13.3. The largest absolute Gasteiger partial charge is 0.399 e. The lowest BCUT2D eigenvalue weighted by Gasteiger charge is -2.28. The zero-order valence-electron chi connectivity index (χ0n) is 14.6. The molecule has 6 heteroatoms. The Bertz CT molecular complexity index is 939. The number of nitrogens with zero attached hydrogens (tertiary/aromatic N) is 4. The highest BCUT2D eigenvalue weighted by Gasteiger charge is 2.19. The summed E-state index contributed by atoms with van der Waals surface area (Å²) in [6.07, 6.45) is 4.39. The summed E-state index contributed by atoms with van der Waals surface area (Å²) in [6.45, 7) is 4.17. The van der Waals surface area contributed by atoms with Gasteiger partial charge < -0.3 is 5.73 Å². The van der Waals surface area contributed by atoms with Crippen molar-refractivity contribution in [2.45, 2.75) is 26.4 Å². The number of nitrogens with two attached hydrogens (primary N) is 1. The lowest BCUT2D eigenvalue weighted by molar-refractivity contribution is 0.242. The summed E-state index contributed by atoms with van der Waals surface area (Å²) in [5.74, 6) is 0.330. The van der Waals surface area contributed by atoms with Gasteiger partial charge in [0.05, 0.1) is 5.69 Å². The number of aromatic nitrogens is 3. The molecule has 3 aromatic rings.